The van der Waals surface area contributed by atoms with E-state index >= 15 is 0 Å². The fourth-order valence-electron chi connectivity index (χ4n) is 1.94. The molecular weight excluding hydrogens is 214 g/mol. The van der Waals surface area contributed by atoms with Crippen LogP contribution in [0.1, 0.15) is 32.1 Å². The lowest BCUT2D eigenvalue weighted by molar-refractivity contribution is -0.127. The number of alkyl halides is 1. The molecule has 1 amide bonds. The fourth-order valence-corrected chi connectivity index (χ4v) is 2.15. The summed E-state index contributed by atoms with van der Waals surface area (Å²) in [5.41, 5.74) is 0. The Morgan fingerprint density at radius 2 is 2.07 bits per heavy atom. The van der Waals surface area contributed by atoms with Crippen LogP contribution in [-0.2, 0) is 4.79 Å². The summed E-state index contributed by atoms with van der Waals surface area (Å²) in [7, 11) is 0. The first-order chi connectivity index (χ1) is 7.27. The van der Waals surface area contributed by atoms with Crippen molar-refractivity contribution < 1.29 is 9.90 Å². The molecular formula is C11H20ClNO2. The molecule has 1 atom stereocenters. The normalized spacial score (nSPS) is 21.3. The van der Waals surface area contributed by atoms with Crippen molar-refractivity contribution in [1.29, 1.82) is 0 Å². The van der Waals surface area contributed by atoms with Crippen molar-refractivity contribution in [3.8, 4) is 0 Å². The molecule has 0 aromatic heterocycles. The molecule has 1 heterocycles. The maximum Gasteiger partial charge on any atom is 0.222 e. The van der Waals surface area contributed by atoms with Crippen LogP contribution in [0.4, 0.5) is 0 Å². The van der Waals surface area contributed by atoms with E-state index in [4.69, 9.17) is 16.7 Å². The molecule has 0 aliphatic carbocycles. The first-order valence-corrected chi connectivity index (χ1v) is 6.26. The Morgan fingerprint density at radius 1 is 1.33 bits per heavy atom. The van der Waals surface area contributed by atoms with Gasteiger partial charge in [-0.15, -0.1) is 11.6 Å². The molecule has 15 heavy (non-hydrogen) atoms. The zero-order valence-electron chi connectivity index (χ0n) is 9.12. The minimum atomic E-state index is 0.253. The van der Waals surface area contributed by atoms with Gasteiger partial charge in [-0.3, -0.25) is 4.79 Å². The molecule has 88 valence electrons. The third-order valence-electron chi connectivity index (χ3n) is 2.85. The Hall–Kier alpha value is -0.280. The van der Waals surface area contributed by atoms with E-state index in [0.29, 0.717) is 18.2 Å². The molecule has 0 saturated carbocycles. The predicted molar refractivity (Wildman–Crippen MR) is 61.0 cm³/mol. The average Bonchev–Trinajstić information content (AvgIpc) is 2.59. The second-order valence-corrected chi connectivity index (χ2v) is 4.51. The number of aliphatic hydroxyl groups excluding tert-OH is 1. The maximum absolute atomic E-state index is 11.5. The van der Waals surface area contributed by atoms with Crippen LogP contribution in [0.15, 0.2) is 0 Å². The van der Waals surface area contributed by atoms with Gasteiger partial charge in [-0.2, -0.15) is 0 Å². The van der Waals surface area contributed by atoms with Gasteiger partial charge >= 0.3 is 0 Å². The molecule has 3 nitrogen and oxygen atoms in total. The second kappa shape index (κ2) is 7.07. The third-order valence-corrected chi connectivity index (χ3v) is 3.29. The highest BCUT2D eigenvalue weighted by Gasteiger charge is 2.27. The first kappa shape index (κ1) is 12.8. The van der Waals surface area contributed by atoms with Crippen molar-refractivity contribution >= 4 is 17.5 Å². The lowest BCUT2D eigenvalue weighted by atomic mass is 10.1. The van der Waals surface area contributed by atoms with Crippen LogP contribution < -0.4 is 0 Å². The predicted octanol–water partition coefficient (Wildman–Crippen LogP) is 1.63. The highest BCUT2D eigenvalue weighted by atomic mass is 35.5. The molecule has 0 aromatic carbocycles. The van der Waals surface area contributed by atoms with E-state index in [-0.39, 0.29) is 12.5 Å². The van der Waals surface area contributed by atoms with Gasteiger partial charge in [0.15, 0.2) is 0 Å². The number of aliphatic hydroxyl groups is 1. The molecule has 1 unspecified atom stereocenters. The van der Waals surface area contributed by atoms with Crippen LogP contribution in [0.3, 0.4) is 0 Å². The molecule has 1 aliphatic heterocycles. The summed E-state index contributed by atoms with van der Waals surface area (Å²) in [6.07, 6.45) is 4.69. The molecule has 1 saturated heterocycles. The van der Waals surface area contributed by atoms with Gasteiger partial charge in [0.2, 0.25) is 5.91 Å². The summed E-state index contributed by atoms with van der Waals surface area (Å²) >= 11 is 5.73. The Morgan fingerprint density at radius 3 is 2.67 bits per heavy atom. The number of carbonyl (C=O) groups excluding carboxylic acids is 1. The van der Waals surface area contributed by atoms with Gasteiger partial charge < -0.3 is 10.0 Å². The number of halogens is 1. The molecule has 0 aromatic rings. The number of unbranched alkanes of at least 4 members (excludes halogenated alkanes) is 3. The van der Waals surface area contributed by atoms with Crippen molar-refractivity contribution in [2.45, 2.75) is 32.1 Å². The zero-order chi connectivity index (χ0) is 11.1. The van der Waals surface area contributed by atoms with Gasteiger partial charge in [0.25, 0.3) is 0 Å². The second-order valence-electron chi connectivity index (χ2n) is 4.20. The molecule has 0 spiro atoms. The minimum Gasteiger partial charge on any atom is -0.396 e. The third kappa shape index (κ3) is 4.39. The summed E-state index contributed by atoms with van der Waals surface area (Å²) < 4.78 is 0. The maximum atomic E-state index is 11.5. The monoisotopic (exact) mass is 233 g/mol. The van der Waals surface area contributed by atoms with Crippen LogP contribution in [0.5, 0.6) is 0 Å². The Balaban J connectivity index is 2.08. The number of rotatable bonds is 7. The molecule has 1 rings (SSSR count). The van der Waals surface area contributed by atoms with E-state index < -0.39 is 0 Å². The van der Waals surface area contributed by atoms with E-state index in [1.807, 2.05) is 4.90 Å². The van der Waals surface area contributed by atoms with Crippen molar-refractivity contribution in [2.75, 3.05) is 25.6 Å². The summed E-state index contributed by atoms with van der Waals surface area (Å²) in [4.78, 5) is 13.4. The highest BCUT2D eigenvalue weighted by Crippen LogP contribution is 2.19. The quantitative estimate of drug-likeness (QED) is 0.536. The van der Waals surface area contributed by atoms with Gasteiger partial charge in [-0.1, -0.05) is 12.8 Å². The van der Waals surface area contributed by atoms with E-state index in [1.165, 1.54) is 0 Å². The average molecular weight is 234 g/mol. The van der Waals surface area contributed by atoms with Crippen molar-refractivity contribution in [3.05, 3.63) is 0 Å². The van der Waals surface area contributed by atoms with E-state index in [2.05, 4.69) is 0 Å². The van der Waals surface area contributed by atoms with Crippen LogP contribution in [-0.4, -0.2) is 41.5 Å². The SMILES string of the molecule is O=C1CC(CCl)CN1CCCCCCO. The van der Waals surface area contributed by atoms with Crippen LogP contribution in [0.25, 0.3) is 0 Å². The molecule has 1 aliphatic rings. The standard InChI is InChI=1S/C11H20ClNO2/c12-8-10-7-11(15)13(9-10)5-3-1-2-4-6-14/h10,14H,1-9H2. The van der Waals surface area contributed by atoms with E-state index in [0.717, 1.165) is 38.8 Å². The number of hydrogen-bond donors (Lipinski definition) is 1. The first-order valence-electron chi connectivity index (χ1n) is 5.72. The van der Waals surface area contributed by atoms with Gasteiger partial charge in [0.05, 0.1) is 0 Å². The lowest BCUT2D eigenvalue weighted by Gasteiger charge is -2.15. The number of amides is 1. The minimum absolute atomic E-state index is 0.253. The number of likely N-dealkylation sites (tertiary alicyclic amines) is 1. The van der Waals surface area contributed by atoms with E-state index in [9.17, 15) is 4.79 Å². The van der Waals surface area contributed by atoms with Crippen molar-refractivity contribution in [1.82, 2.24) is 4.90 Å². The van der Waals surface area contributed by atoms with Crippen LogP contribution >= 0.6 is 11.6 Å². The largest absolute Gasteiger partial charge is 0.396 e. The molecule has 1 fully saturated rings. The summed E-state index contributed by atoms with van der Waals surface area (Å²) in [6, 6.07) is 0. The summed E-state index contributed by atoms with van der Waals surface area (Å²) in [6.45, 7) is 1.97. The smallest absolute Gasteiger partial charge is 0.222 e. The summed E-state index contributed by atoms with van der Waals surface area (Å²) in [5, 5.41) is 8.61. The van der Waals surface area contributed by atoms with Gasteiger partial charge in [0.1, 0.15) is 0 Å². The Bertz CT molecular complexity index is 199. The molecule has 4 heteroatoms. The summed E-state index contributed by atoms with van der Waals surface area (Å²) in [5.74, 6) is 1.20. The number of carbonyl (C=O) groups is 1. The molecule has 0 radical (unpaired) electrons. The molecule has 0 bridgehead atoms. The highest BCUT2D eigenvalue weighted by molar-refractivity contribution is 6.18. The lowest BCUT2D eigenvalue weighted by Crippen LogP contribution is -2.26. The molecule has 1 N–H and O–H groups in total. The number of hydrogen-bond acceptors (Lipinski definition) is 2. The zero-order valence-corrected chi connectivity index (χ0v) is 9.88. The van der Waals surface area contributed by atoms with Crippen molar-refractivity contribution in [2.24, 2.45) is 5.92 Å². The topological polar surface area (TPSA) is 40.5 Å². The fraction of sp³-hybridized carbons (Fsp3) is 0.909. The van der Waals surface area contributed by atoms with Crippen molar-refractivity contribution in [3.63, 3.8) is 0 Å². The van der Waals surface area contributed by atoms with Gasteiger partial charge in [-0.05, 0) is 18.8 Å². The number of nitrogens with zero attached hydrogens (tertiary/aromatic N) is 1. The van der Waals surface area contributed by atoms with Crippen LogP contribution in [0, 0.1) is 5.92 Å². The Kier molecular flexibility index (Phi) is 6.03. The van der Waals surface area contributed by atoms with Gasteiger partial charge in [-0.25, -0.2) is 0 Å². The van der Waals surface area contributed by atoms with Crippen LogP contribution in [0.2, 0.25) is 0 Å². The van der Waals surface area contributed by atoms with Gasteiger partial charge in [0, 0.05) is 32.0 Å². The Labute approximate surface area is 96.4 Å². The van der Waals surface area contributed by atoms with E-state index in [1.54, 1.807) is 0 Å².